The molecular weight excluding hydrogens is 669 g/mol. The zero-order valence-electron chi connectivity index (χ0n) is 27.1. The molecule has 0 aromatic heterocycles. The summed E-state index contributed by atoms with van der Waals surface area (Å²) in [6, 6.07) is 12.0. The van der Waals surface area contributed by atoms with E-state index >= 15 is 0 Å². The number of benzene rings is 2. The normalized spacial score (nSPS) is 22.7. The molecule has 0 aliphatic carbocycles. The van der Waals surface area contributed by atoms with E-state index in [1.165, 1.54) is 28.6 Å². The van der Waals surface area contributed by atoms with Gasteiger partial charge in [0, 0.05) is 36.5 Å². The van der Waals surface area contributed by atoms with E-state index in [2.05, 4.69) is 16.0 Å². The fraction of sp³-hybridized carbons (Fsp3) is 0.515. The SMILES string of the molecule is CC(C)CN(C(Cc1ccccc1)C(O)CNC(=O)OC1COC2OCCC12)S(=O)(=O)c1ccc2c(c1)C(=CCNCC(F)(F)F)C(=O)N2. The van der Waals surface area contributed by atoms with Crippen LogP contribution in [0.4, 0.5) is 23.7 Å². The highest BCUT2D eigenvalue weighted by Crippen LogP contribution is 2.36. The number of ether oxygens (including phenoxy) is 3. The molecule has 2 amide bonds. The summed E-state index contributed by atoms with van der Waals surface area (Å²) in [6.07, 6.45) is -5.46. The van der Waals surface area contributed by atoms with Crippen molar-refractivity contribution in [2.45, 2.75) is 62.3 Å². The van der Waals surface area contributed by atoms with Gasteiger partial charge in [0.25, 0.3) is 5.91 Å². The van der Waals surface area contributed by atoms with E-state index in [0.29, 0.717) is 18.7 Å². The average molecular weight is 711 g/mol. The smallest absolute Gasteiger partial charge is 0.407 e. The molecule has 16 heteroatoms. The fourth-order valence-corrected chi connectivity index (χ4v) is 8.00. The van der Waals surface area contributed by atoms with Gasteiger partial charge in [-0.3, -0.25) is 4.79 Å². The first-order valence-electron chi connectivity index (χ1n) is 16.1. The highest BCUT2D eigenvalue weighted by Gasteiger charge is 2.44. The van der Waals surface area contributed by atoms with Crippen molar-refractivity contribution in [2.75, 3.05) is 44.7 Å². The highest BCUT2D eigenvalue weighted by atomic mass is 32.2. The van der Waals surface area contributed by atoms with E-state index in [9.17, 15) is 36.3 Å². The molecule has 0 saturated carbocycles. The number of carbonyl (C=O) groups is 2. The lowest BCUT2D eigenvalue weighted by atomic mass is 10.0. The number of aliphatic hydroxyl groups excluding tert-OH is 1. The largest absolute Gasteiger partial charge is 0.443 e. The standard InChI is InChI=1S/C33H41F3N4O8S/c1-20(2)17-40(49(44,45)22-8-9-26-25(15-22)23(30(42)39-26)10-12-37-19-33(34,35)36)27(14-21-6-4-3-5-7-21)28(41)16-38-32(43)48-29-18-47-31-24(29)11-13-46-31/h3-10,15,20,24,27-29,31,37,41H,11-14,16-19H2,1-2H3,(H,38,43)(H,39,42). The number of alkyl carbamates (subject to hydrolysis) is 1. The van der Waals surface area contributed by atoms with Gasteiger partial charge in [0.2, 0.25) is 10.0 Å². The number of halogens is 3. The van der Waals surface area contributed by atoms with E-state index in [1.54, 1.807) is 24.3 Å². The van der Waals surface area contributed by atoms with Crippen LogP contribution in [0.3, 0.4) is 0 Å². The summed E-state index contributed by atoms with van der Waals surface area (Å²) < 4.78 is 84.5. The molecule has 0 spiro atoms. The second-order valence-corrected chi connectivity index (χ2v) is 14.6. The van der Waals surface area contributed by atoms with Crippen LogP contribution < -0.4 is 16.0 Å². The minimum Gasteiger partial charge on any atom is -0.443 e. The Bertz CT molecular complexity index is 1620. The molecule has 49 heavy (non-hydrogen) atoms. The van der Waals surface area contributed by atoms with Gasteiger partial charge in [-0.05, 0) is 42.5 Å². The van der Waals surface area contributed by atoms with Gasteiger partial charge >= 0.3 is 12.3 Å². The van der Waals surface area contributed by atoms with Crippen LogP contribution in [-0.4, -0.2) is 99.9 Å². The van der Waals surface area contributed by atoms with Gasteiger partial charge < -0.3 is 35.3 Å². The summed E-state index contributed by atoms with van der Waals surface area (Å²) in [5.41, 5.74) is 1.31. The maximum absolute atomic E-state index is 14.5. The third-order valence-electron chi connectivity index (χ3n) is 8.50. The topological polar surface area (TPSA) is 156 Å². The third kappa shape index (κ3) is 9.18. The van der Waals surface area contributed by atoms with Gasteiger partial charge in [-0.15, -0.1) is 0 Å². The molecule has 2 aromatic rings. The van der Waals surface area contributed by atoms with Crippen molar-refractivity contribution in [1.29, 1.82) is 0 Å². The molecule has 5 unspecified atom stereocenters. The lowest BCUT2D eigenvalue weighted by Gasteiger charge is -2.35. The lowest BCUT2D eigenvalue weighted by molar-refractivity contribution is -0.124. The number of amides is 2. The quantitative estimate of drug-likeness (QED) is 0.171. The first-order chi connectivity index (χ1) is 23.2. The molecule has 2 fully saturated rings. The van der Waals surface area contributed by atoms with Gasteiger partial charge in [-0.2, -0.15) is 17.5 Å². The Morgan fingerprint density at radius 3 is 2.65 bits per heavy atom. The molecule has 3 aliphatic rings. The number of sulfonamides is 1. The molecule has 268 valence electrons. The Morgan fingerprint density at radius 2 is 1.94 bits per heavy atom. The van der Waals surface area contributed by atoms with Crippen molar-refractivity contribution < 1.29 is 50.5 Å². The number of alkyl halides is 3. The first kappa shape index (κ1) is 36.7. The van der Waals surface area contributed by atoms with Crippen molar-refractivity contribution in [3.63, 3.8) is 0 Å². The van der Waals surface area contributed by atoms with Gasteiger partial charge in [0.1, 0.15) is 6.10 Å². The van der Waals surface area contributed by atoms with Gasteiger partial charge in [-0.1, -0.05) is 50.3 Å². The van der Waals surface area contributed by atoms with E-state index in [1.807, 2.05) is 19.9 Å². The molecule has 3 heterocycles. The number of nitrogens with zero attached hydrogens (tertiary/aromatic N) is 1. The van der Waals surface area contributed by atoms with Crippen LogP contribution in [0.25, 0.3) is 5.57 Å². The molecule has 12 nitrogen and oxygen atoms in total. The number of hydrogen-bond donors (Lipinski definition) is 4. The molecule has 2 aromatic carbocycles. The number of nitrogens with one attached hydrogen (secondary N) is 3. The number of rotatable bonds is 14. The summed E-state index contributed by atoms with van der Waals surface area (Å²) in [5, 5.41) is 18.9. The monoisotopic (exact) mass is 710 g/mol. The fourth-order valence-electron chi connectivity index (χ4n) is 6.16. The minimum absolute atomic E-state index is 0.00213. The molecule has 2 saturated heterocycles. The van der Waals surface area contributed by atoms with E-state index in [-0.39, 0.29) is 60.5 Å². The molecule has 0 bridgehead atoms. The molecule has 5 rings (SSSR count). The van der Waals surface area contributed by atoms with Crippen LogP contribution in [0.5, 0.6) is 0 Å². The van der Waals surface area contributed by atoms with Crippen LogP contribution in [0, 0.1) is 11.8 Å². The number of hydrogen-bond acceptors (Lipinski definition) is 9. The number of anilines is 1. The predicted octanol–water partition coefficient (Wildman–Crippen LogP) is 3.28. The summed E-state index contributed by atoms with van der Waals surface area (Å²) in [7, 11) is -4.37. The predicted molar refractivity (Wildman–Crippen MR) is 173 cm³/mol. The van der Waals surface area contributed by atoms with Gasteiger partial charge in [-0.25, -0.2) is 13.2 Å². The van der Waals surface area contributed by atoms with Crippen LogP contribution in [0.2, 0.25) is 0 Å². The second kappa shape index (κ2) is 15.6. The Labute approximate surface area is 283 Å². The number of fused-ring (bicyclic) bond motifs is 2. The first-order valence-corrected chi connectivity index (χ1v) is 17.5. The van der Waals surface area contributed by atoms with E-state index < -0.39 is 59.3 Å². The molecule has 3 aliphatic heterocycles. The van der Waals surface area contributed by atoms with Crippen LogP contribution in [-0.2, 0) is 35.4 Å². The Balaban J connectivity index is 1.39. The summed E-state index contributed by atoms with van der Waals surface area (Å²) >= 11 is 0. The zero-order chi connectivity index (χ0) is 35.3. The van der Waals surface area contributed by atoms with Crippen LogP contribution in [0.15, 0.2) is 59.5 Å². The Morgan fingerprint density at radius 1 is 1.18 bits per heavy atom. The third-order valence-corrected chi connectivity index (χ3v) is 10.4. The van der Waals surface area contributed by atoms with E-state index in [0.717, 1.165) is 5.56 Å². The molecular formula is C33H41F3N4O8S. The number of aliphatic hydroxyl groups is 1. The zero-order valence-corrected chi connectivity index (χ0v) is 27.9. The Kier molecular flexibility index (Phi) is 11.7. The molecule has 0 radical (unpaired) electrons. The van der Waals surface area contributed by atoms with Crippen molar-refractivity contribution in [3.8, 4) is 0 Å². The van der Waals surface area contributed by atoms with Crippen molar-refractivity contribution in [3.05, 3.63) is 65.7 Å². The Hall–Kier alpha value is -3.54. The highest BCUT2D eigenvalue weighted by molar-refractivity contribution is 7.89. The van der Waals surface area contributed by atoms with Crippen LogP contribution >= 0.6 is 0 Å². The van der Waals surface area contributed by atoms with Crippen molar-refractivity contribution in [2.24, 2.45) is 11.8 Å². The van der Waals surface area contributed by atoms with Gasteiger partial charge in [0.15, 0.2) is 6.29 Å². The second-order valence-electron chi connectivity index (χ2n) is 12.7. The van der Waals surface area contributed by atoms with Crippen LogP contribution in [0.1, 0.15) is 31.4 Å². The molecule has 4 N–H and O–H groups in total. The maximum Gasteiger partial charge on any atom is 0.407 e. The summed E-state index contributed by atoms with van der Waals surface area (Å²) in [5.74, 6) is -0.847. The van der Waals surface area contributed by atoms with Gasteiger partial charge in [0.05, 0.1) is 42.7 Å². The van der Waals surface area contributed by atoms with Crippen molar-refractivity contribution >= 4 is 33.3 Å². The lowest BCUT2D eigenvalue weighted by Crippen LogP contribution is -2.53. The molecule has 5 atom stereocenters. The summed E-state index contributed by atoms with van der Waals surface area (Å²) in [6.45, 7) is 2.49. The minimum atomic E-state index is -4.44. The summed E-state index contributed by atoms with van der Waals surface area (Å²) in [4.78, 5) is 25.3. The van der Waals surface area contributed by atoms with E-state index in [4.69, 9.17) is 14.2 Å². The number of carbonyl (C=O) groups excluding carboxylic acids is 2. The van der Waals surface area contributed by atoms with Crippen molar-refractivity contribution in [1.82, 2.24) is 14.9 Å². The maximum atomic E-state index is 14.5. The average Bonchev–Trinajstić information content (AvgIpc) is 3.75.